The van der Waals surface area contributed by atoms with Gasteiger partial charge in [0.15, 0.2) is 0 Å². The van der Waals surface area contributed by atoms with E-state index in [2.05, 4.69) is 84.2 Å². The van der Waals surface area contributed by atoms with Crippen LogP contribution in [0.1, 0.15) is 20.7 Å². The molecule has 14 heteroatoms. The molecule has 0 bridgehead atoms. The Bertz CT molecular complexity index is 2180. The van der Waals surface area contributed by atoms with E-state index < -0.39 is 11.9 Å². The molecule has 0 aromatic heterocycles. The Balaban J connectivity index is 1.32. The molecule has 6 N–H and O–H groups in total. The molecule has 0 saturated heterocycles. The van der Waals surface area contributed by atoms with Crippen LogP contribution in [-0.4, -0.2) is 22.2 Å². The third kappa shape index (κ3) is 6.35. The Morgan fingerprint density at radius 2 is 0.812 bits per heavy atom. The molecule has 6 rings (SSSR count). The van der Waals surface area contributed by atoms with Gasteiger partial charge < -0.3 is 21.7 Å². The lowest BCUT2D eigenvalue weighted by atomic mass is 10.0. The lowest BCUT2D eigenvalue weighted by molar-refractivity contribution is 0.0688. The van der Waals surface area contributed by atoms with E-state index in [0.717, 1.165) is 11.1 Å². The van der Waals surface area contributed by atoms with Crippen molar-refractivity contribution in [3.05, 3.63) is 114 Å². The van der Waals surface area contributed by atoms with Crippen LogP contribution in [0.3, 0.4) is 0 Å². The van der Waals surface area contributed by atoms with Gasteiger partial charge in [0.2, 0.25) is 0 Å². The number of carboxylic acid groups (broad SMARTS) is 2. The molecule has 10 nitrogen and oxygen atoms in total. The van der Waals surface area contributed by atoms with E-state index in [4.69, 9.17) is 11.5 Å². The van der Waals surface area contributed by atoms with Crippen LogP contribution in [0, 0.1) is 0 Å². The zero-order chi connectivity index (χ0) is 34.3. The molecule has 0 atom stereocenters. The summed E-state index contributed by atoms with van der Waals surface area (Å²) in [4.78, 5) is 23.8. The number of halogens is 4. The number of hydrogen-bond donors (Lipinski definition) is 4. The van der Waals surface area contributed by atoms with Gasteiger partial charge in [-0.1, -0.05) is 48.5 Å². The Labute approximate surface area is 306 Å². The molecule has 0 saturated carbocycles. The second-order valence-corrected chi connectivity index (χ2v) is 13.8. The zero-order valence-electron chi connectivity index (χ0n) is 24.2. The number of nitrogens with zero attached hydrogens (tertiary/aromatic N) is 4. The van der Waals surface area contributed by atoms with Gasteiger partial charge in [-0.3, -0.25) is 0 Å². The minimum absolute atomic E-state index is 0.0760. The first kappa shape index (κ1) is 33.4. The van der Waals surface area contributed by atoms with E-state index in [1.54, 1.807) is 48.5 Å². The van der Waals surface area contributed by atoms with Crippen LogP contribution in [0.2, 0.25) is 0 Å². The maximum Gasteiger partial charge on any atom is 0.336 e. The summed E-state index contributed by atoms with van der Waals surface area (Å²) in [6, 6.07) is 24.2. The van der Waals surface area contributed by atoms with Gasteiger partial charge in [-0.2, -0.15) is 0 Å². The number of benzene rings is 6. The van der Waals surface area contributed by atoms with E-state index in [0.29, 0.717) is 62.2 Å². The van der Waals surface area contributed by atoms with Crippen LogP contribution >= 0.6 is 63.7 Å². The molecular formula is C34H20Br4N6O4. The molecule has 0 fully saturated rings. The third-order valence-electron chi connectivity index (χ3n) is 7.47. The number of nitrogen functional groups attached to an aromatic ring is 2. The van der Waals surface area contributed by atoms with E-state index >= 15 is 0 Å². The summed E-state index contributed by atoms with van der Waals surface area (Å²) < 4.78 is 2.46. The van der Waals surface area contributed by atoms with Crippen molar-refractivity contribution in [2.24, 2.45) is 20.5 Å². The van der Waals surface area contributed by atoms with Crippen LogP contribution in [0.25, 0.3) is 32.7 Å². The Hall–Kier alpha value is -4.50. The summed E-state index contributed by atoms with van der Waals surface area (Å²) in [6.07, 6.45) is 0. The number of fused-ring (bicyclic) bond motifs is 2. The minimum atomic E-state index is -1.09. The molecule has 0 radical (unpaired) electrons. The summed E-state index contributed by atoms with van der Waals surface area (Å²) in [5, 5.41) is 39.1. The molecule has 0 unspecified atom stereocenters. The minimum Gasteiger partial charge on any atom is -0.478 e. The topological polar surface area (TPSA) is 176 Å². The molecular weight excluding hydrogens is 876 g/mol. The van der Waals surface area contributed by atoms with Gasteiger partial charge in [0.1, 0.15) is 22.7 Å². The fourth-order valence-corrected chi connectivity index (χ4v) is 7.84. The van der Waals surface area contributed by atoms with Crippen molar-refractivity contribution in [2.75, 3.05) is 11.5 Å². The zero-order valence-corrected chi connectivity index (χ0v) is 30.6. The van der Waals surface area contributed by atoms with Gasteiger partial charge in [0, 0.05) is 28.7 Å². The number of hydrogen-bond acceptors (Lipinski definition) is 8. The van der Waals surface area contributed by atoms with Crippen LogP contribution in [0.15, 0.2) is 123 Å². The normalized spacial score (nSPS) is 11.7. The van der Waals surface area contributed by atoms with Crippen molar-refractivity contribution in [3.8, 4) is 11.1 Å². The monoisotopic (exact) mass is 892 g/mol. The van der Waals surface area contributed by atoms with Crippen molar-refractivity contribution in [1.82, 2.24) is 0 Å². The first-order valence-corrected chi connectivity index (χ1v) is 17.0. The number of azo groups is 2. The second-order valence-electron chi connectivity index (χ2n) is 10.4. The fraction of sp³-hybridized carbons (Fsp3) is 0. The number of rotatable bonds is 7. The van der Waals surface area contributed by atoms with E-state index in [-0.39, 0.29) is 22.5 Å². The average Bonchev–Trinajstić information content (AvgIpc) is 3.05. The number of carboxylic acids is 2. The Kier molecular flexibility index (Phi) is 9.43. The van der Waals surface area contributed by atoms with Crippen molar-refractivity contribution >= 4 is 131 Å². The fourth-order valence-electron chi connectivity index (χ4n) is 5.15. The average molecular weight is 896 g/mol. The van der Waals surface area contributed by atoms with Crippen molar-refractivity contribution in [3.63, 3.8) is 0 Å². The van der Waals surface area contributed by atoms with Crippen molar-refractivity contribution < 1.29 is 19.8 Å². The van der Waals surface area contributed by atoms with Gasteiger partial charge in [-0.25, -0.2) is 9.59 Å². The summed E-state index contributed by atoms with van der Waals surface area (Å²) in [5.41, 5.74) is 16.5. The van der Waals surface area contributed by atoms with Crippen LogP contribution in [0.4, 0.5) is 34.1 Å². The van der Waals surface area contributed by atoms with E-state index in [9.17, 15) is 19.8 Å². The quantitative estimate of drug-likeness (QED) is 0.0916. The highest BCUT2D eigenvalue weighted by atomic mass is 79.9. The predicted octanol–water partition coefficient (Wildman–Crippen LogP) is 12.1. The first-order chi connectivity index (χ1) is 22.9. The summed E-state index contributed by atoms with van der Waals surface area (Å²) in [5.74, 6) is -2.19. The maximum atomic E-state index is 11.9. The molecule has 0 aliphatic carbocycles. The molecule has 0 heterocycles. The molecule has 0 spiro atoms. The standard InChI is InChI=1S/C34H20Br4N6O4/c35-23-9-15(10-24(36)31(23)43-41-27-13-21(33(45)46)17-5-1-3-7-19(17)29(27)39)16-11-25(37)32(26(38)12-16)44-42-28-14-22(34(47)48)18-6-2-4-8-20(18)30(28)40/h1-14H,39-40H2,(H,45,46)(H,47,48)/b43-41+,44-42+. The lowest BCUT2D eigenvalue weighted by Gasteiger charge is -2.11. The summed E-state index contributed by atoms with van der Waals surface area (Å²) in [6.45, 7) is 0. The number of aromatic carboxylic acids is 2. The van der Waals surface area contributed by atoms with Gasteiger partial charge in [-0.15, -0.1) is 20.5 Å². The van der Waals surface area contributed by atoms with Crippen molar-refractivity contribution in [2.45, 2.75) is 0 Å². The lowest BCUT2D eigenvalue weighted by Crippen LogP contribution is -1.99. The number of nitrogens with two attached hydrogens (primary N) is 2. The third-order valence-corrected chi connectivity index (χ3v) is 9.89. The smallest absolute Gasteiger partial charge is 0.336 e. The van der Waals surface area contributed by atoms with Gasteiger partial charge >= 0.3 is 11.9 Å². The Morgan fingerprint density at radius 3 is 1.12 bits per heavy atom. The SMILES string of the molecule is Nc1c(/N=N/c2c(Br)cc(-c3cc(Br)c(/N=N/c4cc(C(=O)O)c5ccccc5c4N)c(Br)c3)cc2Br)cc(C(=O)O)c2ccccc12. The highest BCUT2D eigenvalue weighted by Gasteiger charge is 2.18. The highest BCUT2D eigenvalue weighted by molar-refractivity contribution is 9.11. The largest absolute Gasteiger partial charge is 0.478 e. The summed E-state index contributed by atoms with van der Waals surface area (Å²) in [7, 11) is 0. The highest BCUT2D eigenvalue weighted by Crippen LogP contribution is 2.44. The van der Waals surface area contributed by atoms with Crippen LogP contribution in [-0.2, 0) is 0 Å². The van der Waals surface area contributed by atoms with Gasteiger partial charge in [0.05, 0.1) is 22.5 Å². The van der Waals surface area contributed by atoms with Crippen LogP contribution in [0.5, 0.6) is 0 Å². The van der Waals surface area contributed by atoms with Crippen LogP contribution < -0.4 is 11.5 Å². The number of anilines is 2. The molecule has 6 aromatic rings. The summed E-state index contributed by atoms with van der Waals surface area (Å²) >= 11 is 14.3. The predicted molar refractivity (Wildman–Crippen MR) is 202 cm³/mol. The van der Waals surface area contributed by atoms with E-state index in [1.165, 1.54) is 12.1 Å². The molecule has 238 valence electrons. The molecule has 0 aliphatic heterocycles. The van der Waals surface area contributed by atoms with Crippen molar-refractivity contribution in [1.29, 1.82) is 0 Å². The molecule has 6 aromatic carbocycles. The molecule has 0 amide bonds. The van der Waals surface area contributed by atoms with E-state index in [1.807, 2.05) is 24.3 Å². The first-order valence-electron chi connectivity index (χ1n) is 13.9. The maximum absolute atomic E-state index is 11.9. The second kappa shape index (κ2) is 13.5. The van der Waals surface area contributed by atoms with Gasteiger partial charge in [-0.05, 0) is 122 Å². The molecule has 48 heavy (non-hydrogen) atoms. The number of carbonyl (C=O) groups is 2. The Morgan fingerprint density at radius 1 is 0.500 bits per heavy atom. The van der Waals surface area contributed by atoms with Gasteiger partial charge in [0.25, 0.3) is 0 Å². The molecule has 0 aliphatic rings.